The third-order valence-corrected chi connectivity index (χ3v) is 3.51. The van der Waals surface area contributed by atoms with E-state index in [2.05, 4.69) is 4.99 Å². The molecule has 0 saturated heterocycles. The van der Waals surface area contributed by atoms with Crippen LogP contribution >= 0.6 is 7.60 Å². The minimum Gasteiger partial charge on any atom is -0.510 e. The van der Waals surface area contributed by atoms with Gasteiger partial charge in [-0.15, -0.1) is 0 Å². The molecule has 20 heavy (non-hydrogen) atoms. The van der Waals surface area contributed by atoms with Crippen molar-refractivity contribution in [1.29, 1.82) is 0 Å². The van der Waals surface area contributed by atoms with Crippen molar-refractivity contribution >= 4 is 19.4 Å². The van der Waals surface area contributed by atoms with Gasteiger partial charge in [0.15, 0.2) is 0 Å². The second kappa shape index (κ2) is 10.8. The summed E-state index contributed by atoms with van der Waals surface area (Å²) >= 11 is 0. The summed E-state index contributed by atoms with van der Waals surface area (Å²) in [6, 6.07) is 0. The number of hydrogen-bond acceptors (Lipinski definition) is 5. The van der Waals surface area contributed by atoms with Crippen molar-refractivity contribution in [2.45, 2.75) is 53.8 Å². The molecule has 0 bridgehead atoms. The summed E-state index contributed by atoms with van der Waals surface area (Å²) in [5.41, 5.74) is 0. The monoisotopic (exact) mass is 315 g/mol. The third-order valence-electron chi connectivity index (χ3n) is 1.54. The number of hydrogen-bond donors (Lipinski definition) is 0. The Balaban J connectivity index is 0. The number of amides is 1. The fourth-order valence-electron chi connectivity index (χ4n) is 1.21. The number of ether oxygens (including phenoxy) is 1. The van der Waals surface area contributed by atoms with E-state index in [-0.39, 0.29) is 47.7 Å². The first-order valence-corrected chi connectivity index (χ1v) is 7.84. The molecule has 0 aromatic heterocycles. The van der Waals surface area contributed by atoms with Gasteiger partial charge in [0, 0.05) is 6.92 Å². The number of carbonyl (C=O) groups excluding carboxylic acids is 1. The zero-order chi connectivity index (χ0) is 15.1. The average molecular weight is 315 g/mol. The van der Waals surface area contributed by atoms with Crippen molar-refractivity contribution in [3.8, 4) is 0 Å². The molecule has 0 saturated carbocycles. The Kier molecular flexibility index (Phi) is 12.1. The fraction of sp³-hybridized carbons (Fsp3) is 0.750. The maximum Gasteiger partial charge on any atom is 1.00 e. The van der Waals surface area contributed by atoms with Crippen LogP contribution in [0, 0.1) is 6.16 Å². The smallest absolute Gasteiger partial charge is 0.510 e. The van der Waals surface area contributed by atoms with Gasteiger partial charge in [-0.25, -0.2) is 4.99 Å². The molecule has 0 aliphatic rings. The van der Waals surface area contributed by atoms with E-state index in [4.69, 9.17) is 13.8 Å². The van der Waals surface area contributed by atoms with Gasteiger partial charge in [0.25, 0.3) is 0 Å². The molecule has 0 N–H and O–H groups in total. The predicted octanol–water partition coefficient (Wildman–Crippen LogP) is 0.177. The van der Waals surface area contributed by atoms with Gasteiger partial charge in [-0.3, -0.25) is 9.36 Å². The molecule has 8 heteroatoms. The first-order chi connectivity index (χ1) is 8.68. The summed E-state index contributed by atoms with van der Waals surface area (Å²) < 4.78 is 28.3. The number of rotatable bonds is 7. The Hall–Kier alpha value is 0.160. The molecular weight excluding hydrogens is 292 g/mol. The van der Waals surface area contributed by atoms with Crippen LogP contribution in [0.2, 0.25) is 0 Å². The third kappa shape index (κ3) is 10.9. The van der Waals surface area contributed by atoms with Crippen LogP contribution in [-0.2, 0) is 23.1 Å². The molecule has 0 unspecified atom stereocenters. The molecule has 112 valence electrons. The van der Waals surface area contributed by atoms with Crippen molar-refractivity contribution < 1.29 is 52.7 Å². The summed E-state index contributed by atoms with van der Waals surface area (Å²) in [4.78, 5) is 14.6. The van der Waals surface area contributed by atoms with Gasteiger partial charge in [0.1, 0.15) is 0 Å². The zero-order valence-electron chi connectivity index (χ0n) is 13.4. The Morgan fingerprint density at radius 1 is 1.20 bits per heavy atom. The van der Waals surface area contributed by atoms with Gasteiger partial charge < -0.3 is 13.8 Å². The average Bonchev–Trinajstić information content (AvgIpc) is 2.12. The van der Waals surface area contributed by atoms with Gasteiger partial charge in [-0.05, 0) is 34.6 Å². The molecule has 0 aromatic rings. The van der Waals surface area contributed by atoms with Crippen LogP contribution in [0.1, 0.15) is 41.5 Å². The molecule has 0 aromatic carbocycles. The van der Waals surface area contributed by atoms with Gasteiger partial charge in [0.05, 0.1) is 24.7 Å². The van der Waals surface area contributed by atoms with Crippen LogP contribution in [-0.4, -0.2) is 30.6 Å². The van der Waals surface area contributed by atoms with E-state index in [1.54, 1.807) is 34.6 Å². The van der Waals surface area contributed by atoms with Crippen molar-refractivity contribution in [3.63, 3.8) is 0 Å². The summed E-state index contributed by atoms with van der Waals surface area (Å²) in [6.07, 6.45) is 0.569. The van der Waals surface area contributed by atoms with Crippen molar-refractivity contribution in [1.82, 2.24) is 0 Å². The van der Waals surface area contributed by atoms with Gasteiger partial charge in [-0.2, -0.15) is 6.16 Å². The van der Waals surface area contributed by atoms with Crippen LogP contribution < -0.4 is 29.6 Å². The van der Waals surface area contributed by atoms with E-state index in [1.165, 1.54) is 6.92 Å². The molecule has 0 aliphatic carbocycles. The summed E-state index contributed by atoms with van der Waals surface area (Å²) in [5, 5.41) is 0. The normalized spacial score (nSPS) is 12.3. The van der Waals surface area contributed by atoms with Crippen LogP contribution in [0.3, 0.4) is 0 Å². The van der Waals surface area contributed by atoms with E-state index in [0.717, 1.165) is 6.16 Å². The standard InChI is InChI=1S/C12H23NO5P.Na/c1-7-16-12(13-11(6)14)8-19(15,17-9(2)3)18-10(4)5;/h8-10H,7H2,1-6H3;/q-1;+1. The molecule has 6 nitrogen and oxygen atoms in total. The van der Waals surface area contributed by atoms with Crippen LogP contribution in [0.5, 0.6) is 0 Å². The van der Waals surface area contributed by atoms with Crippen molar-refractivity contribution in [2.75, 3.05) is 6.61 Å². The number of aliphatic imine (C=N–C) groups is 1. The van der Waals surface area contributed by atoms with E-state index >= 15 is 0 Å². The predicted molar refractivity (Wildman–Crippen MR) is 74.1 cm³/mol. The topological polar surface area (TPSA) is 74.2 Å². The first kappa shape index (κ1) is 22.4. The molecule has 0 atom stereocenters. The van der Waals surface area contributed by atoms with E-state index in [0.29, 0.717) is 6.61 Å². The fourth-order valence-corrected chi connectivity index (χ4v) is 2.96. The van der Waals surface area contributed by atoms with Gasteiger partial charge >= 0.3 is 29.6 Å². The van der Waals surface area contributed by atoms with Crippen molar-refractivity contribution in [3.05, 3.63) is 6.16 Å². The summed E-state index contributed by atoms with van der Waals surface area (Å²) in [6.45, 7) is 10.3. The van der Waals surface area contributed by atoms with E-state index < -0.39 is 13.5 Å². The minimum atomic E-state index is -3.51. The van der Waals surface area contributed by atoms with E-state index in [9.17, 15) is 9.36 Å². The largest absolute Gasteiger partial charge is 1.00 e. The maximum atomic E-state index is 12.5. The van der Waals surface area contributed by atoms with Crippen LogP contribution in [0.25, 0.3) is 0 Å². The second-order valence-electron chi connectivity index (χ2n) is 4.38. The molecule has 0 radical (unpaired) electrons. The summed E-state index contributed by atoms with van der Waals surface area (Å²) in [7, 11) is -3.51. The Labute approximate surface area is 143 Å². The Morgan fingerprint density at radius 3 is 1.95 bits per heavy atom. The SMILES string of the molecule is CCOC([CH-]P(=O)(OC(C)C)OC(C)C)=NC(C)=O.[Na+]. The minimum absolute atomic E-state index is 0. The van der Waals surface area contributed by atoms with Gasteiger partial charge in [-0.1, -0.05) is 0 Å². The Bertz CT molecular complexity index is 357. The quantitative estimate of drug-likeness (QED) is 0.220. The number of nitrogens with zero attached hydrogens (tertiary/aromatic N) is 1. The van der Waals surface area contributed by atoms with E-state index in [1.807, 2.05) is 0 Å². The number of carbonyl (C=O) groups is 1. The maximum absolute atomic E-state index is 12.5. The molecule has 0 spiro atoms. The molecule has 0 aliphatic heterocycles. The van der Waals surface area contributed by atoms with Gasteiger partial charge in [0.2, 0.25) is 13.5 Å². The molecule has 0 heterocycles. The second-order valence-corrected chi connectivity index (χ2v) is 6.14. The van der Waals surface area contributed by atoms with Crippen molar-refractivity contribution in [2.24, 2.45) is 4.99 Å². The molecule has 0 rings (SSSR count). The van der Waals surface area contributed by atoms with Crippen LogP contribution in [0.4, 0.5) is 0 Å². The Morgan fingerprint density at radius 2 is 1.65 bits per heavy atom. The molecule has 1 amide bonds. The molecule has 0 fully saturated rings. The molecular formula is C12H23NNaO5P. The van der Waals surface area contributed by atoms with Crippen LogP contribution in [0.15, 0.2) is 4.99 Å². The summed E-state index contributed by atoms with van der Waals surface area (Å²) in [5.74, 6) is -0.486. The first-order valence-electron chi connectivity index (χ1n) is 6.23. The zero-order valence-corrected chi connectivity index (χ0v) is 16.3.